The Kier molecular flexibility index (Phi) is 6.17. The summed E-state index contributed by atoms with van der Waals surface area (Å²) in [6, 6.07) is 0.816. The monoisotopic (exact) mass is 297 g/mol. The van der Waals surface area contributed by atoms with Crippen LogP contribution in [0.25, 0.3) is 0 Å². The zero-order chi connectivity index (χ0) is 14.2. The van der Waals surface area contributed by atoms with Gasteiger partial charge in [-0.05, 0) is 31.9 Å². The van der Waals surface area contributed by atoms with Crippen molar-refractivity contribution in [1.29, 1.82) is 0 Å². The molecule has 1 fully saturated rings. The van der Waals surface area contributed by atoms with Crippen LogP contribution in [0, 0.1) is 0 Å². The highest BCUT2D eigenvalue weighted by Crippen LogP contribution is 2.20. The van der Waals surface area contributed by atoms with Crippen molar-refractivity contribution in [2.24, 2.45) is 0 Å². The third kappa shape index (κ3) is 4.70. The molecular formula is C13H23N5OS. The number of nitrogens with one attached hydrogen (secondary N) is 2. The summed E-state index contributed by atoms with van der Waals surface area (Å²) in [6.45, 7) is 5.42. The second-order valence-electron chi connectivity index (χ2n) is 4.68. The molecular weight excluding hydrogens is 274 g/mol. The smallest absolute Gasteiger partial charge is 0.323 e. The standard InChI is InChI=1S/C13H23N5OS/c1-3-7-14-11-16-12(18-13(17-11)19-4-2)15-10-6-5-8-20-9-10/h10H,3-9H2,1-2H3,(H2,14,15,16,17,18). The molecule has 0 aliphatic carbocycles. The van der Waals surface area contributed by atoms with Crippen molar-refractivity contribution in [2.75, 3.05) is 35.3 Å². The maximum atomic E-state index is 5.41. The van der Waals surface area contributed by atoms with Crippen molar-refractivity contribution in [3.05, 3.63) is 0 Å². The first-order valence-corrected chi connectivity index (χ1v) is 8.44. The van der Waals surface area contributed by atoms with Crippen LogP contribution in [0.4, 0.5) is 11.9 Å². The average molecular weight is 297 g/mol. The fraction of sp³-hybridized carbons (Fsp3) is 0.769. The number of rotatable bonds is 7. The highest BCUT2D eigenvalue weighted by atomic mass is 32.2. The Hall–Kier alpha value is -1.24. The molecule has 1 atom stereocenters. The third-order valence-corrected chi connectivity index (χ3v) is 4.13. The van der Waals surface area contributed by atoms with Gasteiger partial charge in [-0.1, -0.05) is 6.92 Å². The minimum Gasteiger partial charge on any atom is -0.464 e. The van der Waals surface area contributed by atoms with Crippen molar-refractivity contribution in [3.63, 3.8) is 0 Å². The number of aromatic nitrogens is 3. The second kappa shape index (κ2) is 8.14. The van der Waals surface area contributed by atoms with Crippen LogP contribution in [0.5, 0.6) is 6.01 Å². The zero-order valence-electron chi connectivity index (χ0n) is 12.2. The minimum atomic E-state index is 0.382. The number of hydrogen-bond acceptors (Lipinski definition) is 7. The van der Waals surface area contributed by atoms with Gasteiger partial charge in [-0.2, -0.15) is 26.7 Å². The molecule has 1 aromatic heterocycles. The highest BCUT2D eigenvalue weighted by Gasteiger charge is 2.16. The van der Waals surface area contributed by atoms with E-state index in [1.807, 2.05) is 18.7 Å². The molecule has 7 heteroatoms. The van der Waals surface area contributed by atoms with Crippen LogP contribution in [0.3, 0.4) is 0 Å². The van der Waals surface area contributed by atoms with Crippen molar-refractivity contribution >= 4 is 23.7 Å². The van der Waals surface area contributed by atoms with E-state index in [2.05, 4.69) is 32.5 Å². The normalized spacial score (nSPS) is 18.6. The molecule has 0 saturated carbocycles. The molecule has 1 unspecified atom stereocenters. The first kappa shape index (κ1) is 15.2. The Labute approximate surface area is 124 Å². The van der Waals surface area contributed by atoms with Gasteiger partial charge in [0.2, 0.25) is 11.9 Å². The summed E-state index contributed by atoms with van der Waals surface area (Å²) < 4.78 is 5.41. The molecule has 0 spiro atoms. The Morgan fingerprint density at radius 2 is 2.10 bits per heavy atom. The molecule has 1 aromatic rings. The third-order valence-electron chi connectivity index (χ3n) is 2.91. The Morgan fingerprint density at radius 1 is 1.25 bits per heavy atom. The van der Waals surface area contributed by atoms with Crippen LogP contribution in [0.1, 0.15) is 33.1 Å². The average Bonchev–Trinajstić information content (AvgIpc) is 2.46. The van der Waals surface area contributed by atoms with E-state index < -0.39 is 0 Å². The number of ether oxygens (including phenoxy) is 1. The largest absolute Gasteiger partial charge is 0.464 e. The first-order valence-electron chi connectivity index (χ1n) is 7.28. The van der Waals surface area contributed by atoms with E-state index in [0.717, 1.165) is 18.7 Å². The van der Waals surface area contributed by atoms with Gasteiger partial charge in [0.15, 0.2) is 0 Å². The lowest BCUT2D eigenvalue weighted by Gasteiger charge is -2.22. The summed E-state index contributed by atoms with van der Waals surface area (Å²) >= 11 is 1.97. The first-order chi connectivity index (χ1) is 9.81. The summed E-state index contributed by atoms with van der Waals surface area (Å²) in [5.74, 6) is 3.54. The summed E-state index contributed by atoms with van der Waals surface area (Å²) in [4.78, 5) is 13.0. The Bertz CT molecular complexity index is 412. The topological polar surface area (TPSA) is 72.0 Å². The van der Waals surface area contributed by atoms with E-state index in [1.165, 1.54) is 18.6 Å². The number of thioether (sulfide) groups is 1. The van der Waals surface area contributed by atoms with E-state index in [9.17, 15) is 0 Å². The van der Waals surface area contributed by atoms with Gasteiger partial charge in [-0.15, -0.1) is 0 Å². The lowest BCUT2D eigenvalue weighted by molar-refractivity contribution is 0.312. The SMILES string of the molecule is CCCNc1nc(NC2CCCSC2)nc(OCC)n1. The van der Waals surface area contributed by atoms with E-state index in [-0.39, 0.29) is 0 Å². The number of nitrogens with zero attached hydrogens (tertiary/aromatic N) is 3. The summed E-state index contributed by atoms with van der Waals surface area (Å²) in [5.41, 5.74) is 0. The maximum absolute atomic E-state index is 5.41. The van der Waals surface area contributed by atoms with Gasteiger partial charge >= 0.3 is 6.01 Å². The number of hydrogen-bond donors (Lipinski definition) is 2. The minimum absolute atomic E-state index is 0.382. The van der Waals surface area contributed by atoms with Crippen LogP contribution < -0.4 is 15.4 Å². The van der Waals surface area contributed by atoms with Gasteiger partial charge < -0.3 is 15.4 Å². The molecule has 2 N–H and O–H groups in total. The molecule has 0 radical (unpaired) electrons. The lowest BCUT2D eigenvalue weighted by atomic mass is 10.2. The van der Waals surface area contributed by atoms with E-state index >= 15 is 0 Å². The molecule has 112 valence electrons. The molecule has 2 rings (SSSR count). The van der Waals surface area contributed by atoms with Gasteiger partial charge in [0.05, 0.1) is 6.61 Å². The molecule has 0 bridgehead atoms. The maximum Gasteiger partial charge on any atom is 0.323 e. The Balaban J connectivity index is 2.06. The van der Waals surface area contributed by atoms with Crippen LogP contribution >= 0.6 is 11.8 Å². The molecule has 20 heavy (non-hydrogen) atoms. The molecule has 6 nitrogen and oxygen atoms in total. The van der Waals surface area contributed by atoms with Crippen LogP contribution in [-0.2, 0) is 0 Å². The van der Waals surface area contributed by atoms with Gasteiger partial charge in [0, 0.05) is 18.3 Å². The molecule has 1 saturated heterocycles. The predicted molar refractivity (Wildman–Crippen MR) is 83.7 cm³/mol. The van der Waals surface area contributed by atoms with Crippen molar-refractivity contribution < 1.29 is 4.74 Å². The van der Waals surface area contributed by atoms with Crippen molar-refractivity contribution in [1.82, 2.24) is 15.0 Å². The van der Waals surface area contributed by atoms with Gasteiger partial charge in [0.1, 0.15) is 0 Å². The van der Waals surface area contributed by atoms with E-state index in [1.54, 1.807) is 0 Å². The molecule has 0 amide bonds. The summed E-state index contributed by atoms with van der Waals surface area (Å²) in [5, 5.41) is 6.58. The van der Waals surface area contributed by atoms with Crippen molar-refractivity contribution in [2.45, 2.75) is 39.2 Å². The van der Waals surface area contributed by atoms with Crippen LogP contribution in [0.2, 0.25) is 0 Å². The van der Waals surface area contributed by atoms with E-state index in [0.29, 0.717) is 30.6 Å². The summed E-state index contributed by atoms with van der Waals surface area (Å²) in [7, 11) is 0. The number of anilines is 2. The fourth-order valence-electron chi connectivity index (χ4n) is 1.97. The second-order valence-corrected chi connectivity index (χ2v) is 5.83. The Morgan fingerprint density at radius 3 is 2.80 bits per heavy atom. The lowest BCUT2D eigenvalue weighted by Crippen LogP contribution is -2.27. The molecule has 2 heterocycles. The van der Waals surface area contributed by atoms with Gasteiger partial charge in [-0.25, -0.2) is 0 Å². The molecule has 0 aromatic carbocycles. The molecule has 1 aliphatic heterocycles. The highest BCUT2D eigenvalue weighted by molar-refractivity contribution is 7.99. The van der Waals surface area contributed by atoms with Gasteiger partial charge in [0.25, 0.3) is 0 Å². The molecule has 1 aliphatic rings. The van der Waals surface area contributed by atoms with Crippen molar-refractivity contribution in [3.8, 4) is 6.01 Å². The quantitative estimate of drug-likeness (QED) is 0.800. The summed E-state index contributed by atoms with van der Waals surface area (Å²) in [6.07, 6.45) is 3.44. The van der Waals surface area contributed by atoms with Crippen LogP contribution in [-0.4, -0.2) is 45.7 Å². The fourth-order valence-corrected chi connectivity index (χ4v) is 3.04. The zero-order valence-corrected chi connectivity index (χ0v) is 13.0. The predicted octanol–water partition coefficient (Wildman–Crippen LogP) is 2.40. The van der Waals surface area contributed by atoms with E-state index in [4.69, 9.17) is 4.74 Å². The van der Waals surface area contributed by atoms with Gasteiger partial charge in [-0.3, -0.25) is 0 Å². The van der Waals surface area contributed by atoms with Crippen LogP contribution in [0.15, 0.2) is 0 Å².